The lowest BCUT2D eigenvalue weighted by Gasteiger charge is -2.42. The van der Waals surface area contributed by atoms with Crippen LogP contribution in [0.2, 0.25) is 0 Å². The number of hydrogen-bond donors (Lipinski definition) is 1. The fourth-order valence-corrected chi connectivity index (χ4v) is 3.22. The van der Waals surface area contributed by atoms with Gasteiger partial charge < -0.3 is 15.2 Å². The lowest BCUT2D eigenvalue weighted by molar-refractivity contribution is -0.135. The summed E-state index contributed by atoms with van der Waals surface area (Å²) in [5.74, 6) is 1.02. The molecule has 1 aromatic heterocycles. The fraction of sp³-hybridized carbons (Fsp3) is 0.529. The number of amides is 1. The van der Waals surface area contributed by atoms with Gasteiger partial charge in [-0.1, -0.05) is 26.0 Å². The van der Waals surface area contributed by atoms with E-state index in [4.69, 9.17) is 5.73 Å². The van der Waals surface area contributed by atoms with Crippen LogP contribution in [0.1, 0.15) is 26.1 Å². The van der Waals surface area contributed by atoms with Crippen LogP contribution in [-0.2, 0) is 11.3 Å². The topological polar surface area (TPSA) is 64.2 Å². The molecule has 2 N–H and O–H groups in total. The number of fused-ring (bicyclic) bond motifs is 1. The molecular formula is C17H26Cl2N4O. The lowest BCUT2D eigenvalue weighted by atomic mass is 9.79. The maximum Gasteiger partial charge on any atom is 0.242 e. The maximum atomic E-state index is 12.7. The molecule has 0 bridgehead atoms. The molecule has 5 nitrogen and oxygen atoms in total. The third-order valence-corrected chi connectivity index (χ3v) is 4.80. The van der Waals surface area contributed by atoms with Crippen LogP contribution in [0, 0.1) is 12.3 Å². The van der Waals surface area contributed by atoms with E-state index in [1.165, 1.54) is 0 Å². The van der Waals surface area contributed by atoms with Crippen LogP contribution >= 0.6 is 24.8 Å². The smallest absolute Gasteiger partial charge is 0.242 e. The third-order valence-electron chi connectivity index (χ3n) is 4.80. The highest BCUT2D eigenvalue weighted by Crippen LogP contribution is 2.28. The fourth-order valence-electron chi connectivity index (χ4n) is 3.22. The molecule has 2 heterocycles. The number of carbonyl (C=O) groups is 1. The Bertz CT molecular complexity index is 714. The summed E-state index contributed by atoms with van der Waals surface area (Å²) in [5.41, 5.74) is 8.08. The zero-order valence-electron chi connectivity index (χ0n) is 14.4. The Morgan fingerprint density at radius 2 is 2.00 bits per heavy atom. The Morgan fingerprint density at radius 1 is 1.33 bits per heavy atom. The predicted molar refractivity (Wildman–Crippen MR) is 102 cm³/mol. The Balaban J connectivity index is 0.00000144. The van der Waals surface area contributed by atoms with Gasteiger partial charge in [-0.15, -0.1) is 24.8 Å². The Hall–Kier alpha value is -1.30. The van der Waals surface area contributed by atoms with Gasteiger partial charge in [0.05, 0.1) is 11.0 Å². The van der Waals surface area contributed by atoms with Crippen LogP contribution in [0.4, 0.5) is 0 Å². The van der Waals surface area contributed by atoms with Gasteiger partial charge in [-0.25, -0.2) is 4.98 Å². The van der Waals surface area contributed by atoms with Crippen molar-refractivity contribution >= 4 is 41.8 Å². The molecule has 1 aromatic carbocycles. The third kappa shape index (κ3) is 3.85. The van der Waals surface area contributed by atoms with Gasteiger partial charge >= 0.3 is 0 Å². The number of likely N-dealkylation sites (tertiary alicyclic amines) is 1. The summed E-state index contributed by atoms with van der Waals surface area (Å²) >= 11 is 0. The van der Waals surface area contributed by atoms with E-state index in [1.807, 2.05) is 40.7 Å². The van der Waals surface area contributed by atoms with Gasteiger partial charge in [-0.05, 0) is 30.9 Å². The molecule has 24 heavy (non-hydrogen) atoms. The first-order valence-corrected chi connectivity index (χ1v) is 7.84. The van der Waals surface area contributed by atoms with E-state index in [-0.39, 0.29) is 42.2 Å². The number of aryl methyl sites for hydroxylation is 1. The minimum atomic E-state index is -0.0278. The second-order valence-corrected chi connectivity index (χ2v) is 6.93. The molecule has 0 radical (unpaired) electrons. The predicted octanol–water partition coefficient (Wildman–Crippen LogP) is 2.77. The molecule has 0 aliphatic carbocycles. The lowest BCUT2D eigenvalue weighted by Crippen LogP contribution is -2.54. The molecule has 3 rings (SSSR count). The standard InChI is InChI=1S/C17H24N4O.2ClH/c1-12-19-13-6-4-5-7-14(13)21(12)10-16(22)20-9-8-15(18)17(2,3)11-20;;/h4-7,15H,8-11,18H2,1-3H3;2*1H. The molecule has 1 aliphatic heterocycles. The van der Waals surface area contributed by atoms with Crippen molar-refractivity contribution < 1.29 is 4.79 Å². The number of nitrogens with two attached hydrogens (primary N) is 1. The van der Waals surface area contributed by atoms with Crippen LogP contribution in [0.5, 0.6) is 0 Å². The second kappa shape index (κ2) is 7.72. The van der Waals surface area contributed by atoms with Crippen LogP contribution in [-0.4, -0.2) is 39.5 Å². The van der Waals surface area contributed by atoms with E-state index >= 15 is 0 Å². The van der Waals surface area contributed by atoms with E-state index in [2.05, 4.69) is 18.8 Å². The van der Waals surface area contributed by atoms with Crippen molar-refractivity contribution in [2.75, 3.05) is 13.1 Å². The minimum Gasteiger partial charge on any atom is -0.340 e. The van der Waals surface area contributed by atoms with Gasteiger partial charge in [0.2, 0.25) is 5.91 Å². The SMILES string of the molecule is Cc1nc2ccccc2n1CC(=O)N1CCC(N)C(C)(C)C1.Cl.Cl. The van der Waals surface area contributed by atoms with Crippen LogP contribution in [0.15, 0.2) is 24.3 Å². The van der Waals surface area contributed by atoms with Crippen LogP contribution < -0.4 is 5.73 Å². The monoisotopic (exact) mass is 372 g/mol. The zero-order valence-corrected chi connectivity index (χ0v) is 16.0. The van der Waals surface area contributed by atoms with Crippen molar-refractivity contribution in [2.45, 2.75) is 39.8 Å². The molecule has 1 saturated heterocycles. The van der Waals surface area contributed by atoms with Gasteiger partial charge in [-0.2, -0.15) is 0 Å². The van der Waals surface area contributed by atoms with Crippen molar-refractivity contribution in [2.24, 2.45) is 11.1 Å². The molecule has 2 aromatic rings. The molecule has 1 aliphatic rings. The van der Waals surface area contributed by atoms with Crippen molar-refractivity contribution in [1.29, 1.82) is 0 Å². The number of nitrogens with zero attached hydrogens (tertiary/aromatic N) is 3. The van der Waals surface area contributed by atoms with Gasteiger partial charge in [0.1, 0.15) is 12.4 Å². The van der Waals surface area contributed by atoms with E-state index in [1.54, 1.807) is 0 Å². The highest BCUT2D eigenvalue weighted by molar-refractivity contribution is 5.85. The Labute approximate surface area is 155 Å². The van der Waals surface area contributed by atoms with Crippen molar-refractivity contribution in [3.05, 3.63) is 30.1 Å². The van der Waals surface area contributed by atoms with E-state index in [0.717, 1.165) is 36.4 Å². The molecular weight excluding hydrogens is 347 g/mol. The van der Waals surface area contributed by atoms with Gasteiger partial charge in [-0.3, -0.25) is 4.79 Å². The number of halogens is 2. The maximum absolute atomic E-state index is 12.7. The second-order valence-electron chi connectivity index (χ2n) is 6.93. The van der Waals surface area contributed by atoms with E-state index in [0.29, 0.717) is 6.54 Å². The summed E-state index contributed by atoms with van der Waals surface area (Å²) in [6.07, 6.45) is 0.863. The number of carbonyl (C=O) groups excluding carboxylic acids is 1. The molecule has 1 fully saturated rings. The molecule has 0 spiro atoms. The summed E-state index contributed by atoms with van der Waals surface area (Å²) in [6.45, 7) is 8.03. The number of para-hydroxylation sites is 2. The molecule has 1 atom stereocenters. The number of aromatic nitrogens is 2. The molecule has 1 unspecified atom stereocenters. The summed E-state index contributed by atoms with van der Waals surface area (Å²) in [7, 11) is 0. The van der Waals surface area contributed by atoms with E-state index < -0.39 is 0 Å². The summed E-state index contributed by atoms with van der Waals surface area (Å²) < 4.78 is 2.00. The molecule has 1 amide bonds. The molecule has 134 valence electrons. The number of hydrogen-bond acceptors (Lipinski definition) is 3. The zero-order chi connectivity index (χ0) is 15.9. The number of imidazole rings is 1. The molecule has 0 saturated carbocycles. The largest absolute Gasteiger partial charge is 0.340 e. The van der Waals surface area contributed by atoms with Crippen LogP contribution in [0.3, 0.4) is 0 Å². The summed E-state index contributed by atoms with van der Waals surface area (Å²) in [4.78, 5) is 19.2. The summed E-state index contributed by atoms with van der Waals surface area (Å²) in [5, 5.41) is 0. The van der Waals surface area contributed by atoms with E-state index in [9.17, 15) is 4.79 Å². The van der Waals surface area contributed by atoms with Crippen molar-refractivity contribution in [1.82, 2.24) is 14.5 Å². The van der Waals surface area contributed by atoms with Crippen molar-refractivity contribution in [3.8, 4) is 0 Å². The average Bonchev–Trinajstić information content (AvgIpc) is 2.78. The van der Waals surface area contributed by atoms with Crippen LogP contribution in [0.25, 0.3) is 11.0 Å². The minimum absolute atomic E-state index is 0. The summed E-state index contributed by atoms with van der Waals surface area (Å²) in [6, 6.07) is 8.10. The number of benzene rings is 1. The quantitative estimate of drug-likeness (QED) is 0.881. The average molecular weight is 373 g/mol. The normalized spacial score (nSPS) is 19.5. The number of piperidine rings is 1. The van der Waals surface area contributed by atoms with Gasteiger partial charge in [0.15, 0.2) is 0 Å². The van der Waals surface area contributed by atoms with Gasteiger partial charge in [0, 0.05) is 19.1 Å². The van der Waals surface area contributed by atoms with Crippen molar-refractivity contribution in [3.63, 3.8) is 0 Å². The Morgan fingerprint density at radius 3 is 2.67 bits per heavy atom. The molecule has 7 heteroatoms. The highest BCUT2D eigenvalue weighted by atomic mass is 35.5. The number of rotatable bonds is 2. The first-order chi connectivity index (χ1) is 10.4. The Kier molecular flexibility index (Phi) is 6.67. The van der Waals surface area contributed by atoms with Gasteiger partial charge in [0.25, 0.3) is 0 Å². The first kappa shape index (κ1) is 20.7. The first-order valence-electron chi connectivity index (χ1n) is 7.84. The highest BCUT2D eigenvalue weighted by Gasteiger charge is 2.35.